The Hall–Kier alpha value is -2.31. The minimum atomic E-state index is -0.320. The molecule has 3 aromatic rings. The number of carbonyl (C=O) groups is 1. The van der Waals surface area contributed by atoms with E-state index in [0.29, 0.717) is 26.9 Å². The number of rotatable bonds is 1. The smallest absolute Gasteiger partial charge is 0.279 e. The molecule has 4 rings (SSSR count). The average Bonchev–Trinajstić information content (AvgIpc) is 3.15. The van der Waals surface area contributed by atoms with E-state index in [2.05, 4.69) is 4.99 Å². The van der Waals surface area contributed by atoms with Crippen LogP contribution in [0.1, 0.15) is 15.9 Å². The molecule has 0 spiro atoms. The first-order valence-electron chi connectivity index (χ1n) is 7.28. The number of aryl methyl sites for hydroxylation is 2. The fourth-order valence-electron chi connectivity index (χ4n) is 2.69. The van der Waals surface area contributed by atoms with Gasteiger partial charge in [-0.2, -0.15) is 4.99 Å². The zero-order valence-corrected chi connectivity index (χ0v) is 14.6. The summed E-state index contributed by atoms with van der Waals surface area (Å²) in [5, 5.41) is 0.699. The summed E-state index contributed by atoms with van der Waals surface area (Å²) in [6, 6.07) is 8.87. The van der Waals surface area contributed by atoms with Gasteiger partial charge in [0.25, 0.3) is 5.91 Å². The molecule has 0 aliphatic carbocycles. The summed E-state index contributed by atoms with van der Waals surface area (Å²) >= 11 is 7.65. The van der Waals surface area contributed by atoms with E-state index in [9.17, 15) is 4.79 Å². The maximum Gasteiger partial charge on any atom is 0.279 e. The Balaban J connectivity index is 1.81. The normalized spacial score (nSPS) is 13.7. The van der Waals surface area contributed by atoms with E-state index in [0.717, 1.165) is 15.8 Å². The van der Waals surface area contributed by atoms with Gasteiger partial charge < -0.3 is 14.0 Å². The predicted octanol–water partition coefficient (Wildman–Crippen LogP) is 3.67. The molecule has 122 valence electrons. The highest BCUT2D eigenvalue weighted by Crippen LogP contribution is 2.32. The van der Waals surface area contributed by atoms with Crippen LogP contribution in [-0.4, -0.2) is 17.3 Å². The number of halogens is 1. The third kappa shape index (κ3) is 2.39. The maximum absolute atomic E-state index is 12.5. The van der Waals surface area contributed by atoms with Gasteiger partial charge in [0.1, 0.15) is 0 Å². The Bertz CT molecular complexity index is 1050. The zero-order valence-electron chi connectivity index (χ0n) is 13.0. The van der Waals surface area contributed by atoms with Crippen molar-refractivity contribution >= 4 is 39.1 Å². The van der Waals surface area contributed by atoms with E-state index >= 15 is 0 Å². The Kier molecular flexibility index (Phi) is 3.58. The molecule has 0 fully saturated rings. The summed E-state index contributed by atoms with van der Waals surface area (Å²) in [6.07, 6.45) is 0. The lowest BCUT2D eigenvalue weighted by atomic mass is 10.2. The van der Waals surface area contributed by atoms with E-state index in [1.54, 1.807) is 18.2 Å². The van der Waals surface area contributed by atoms with Gasteiger partial charge in [-0.25, -0.2) is 0 Å². The molecule has 24 heavy (non-hydrogen) atoms. The second kappa shape index (κ2) is 5.65. The van der Waals surface area contributed by atoms with Gasteiger partial charge in [0, 0.05) is 17.6 Å². The number of aromatic nitrogens is 1. The van der Waals surface area contributed by atoms with Crippen LogP contribution in [0.15, 0.2) is 35.3 Å². The van der Waals surface area contributed by atoms with Crippen LogP contribution in [0, 0.1) is 6.92 Å². The zero-order chi connectivity index (χ0) is 16.8. The van der Waals surface area contributed by atoms with Crippen LogP contribution in [0.5, 0.6) is 11.5 Å². The molecule has 5 nitrogen and oxygen atoms in total. The number of thiazole rings is 1. The lowest BCUT2D eigenvalue weighted by Gasteiger charge is -2.02. The molecule has 0 bridgehead atoms. The Morgan fingerprint density at radius 3 is 2.88 bits per heavy atom. The fraction of sp³-hybridized carbons (Fsp3) is 0.176. The van der Waals surface area contributed by atoms with Crippen LogP contribution in [0.4, 0.5) is 0 Å². The number of carbonyl (C=O) groups excluding carboxylic acids is 1. The summed E-state index contributed by atoms with van der Waals surface area (Å²) in [4.78, 5) is 17.4. The molecular weight excluding hydrogens is 348 g/mol. The molecule has 0 radical (unpaired) electrons. The van der Waals surface area contributed by atoms with Crippen LogP contribution in [0.25, 0.3) is 10.2 Å². The van der Waals surface area contributed by atoms with Crippen molar-refractivity contribution < 1.29 is 14.3 Å². The van der Waals surface area contributed by atoms with Crippen LogP contribution in [-0.2, 0) is 7.05 Å². The highest BCUT2D eigenvalue weighted by Gasteiger charge is 2.16. The van der Waals surface area contributed by atoms with Gasteiger partial charge in [-0.3, -0.25) is 4.79 Å². The number of ether oxygens (including phenoxy) is 2. The van der Waals surface area contributed by atoms with Crippen LogP contribution >= 0.6 is 22.9 Å². The van der Waals surface area contributed by atoms with E-state index in [1.807, 2.05) is 30.7 Å². The van der Waals surface area contributed by atoms with E-state index < -0.39 is 0 Å². The van der Waals surface area contributed by atoms with Gasteiger partial charge in [0.2, 0.25) is 6.79 Å². The molecule has 0 unspecified atom stereocenters. The van der Waals surface area contributed by atoms with E-state index in [4.69, 9.17) is 21.1 Å². The standard InChI is InChI=1S/C17H13ClN2O3S/c1-9-11(18)4-6-14-15(9)20(2)17(24-14)19-16(21)10-3-5-12-13(7-10)23-8-22-12/h3-7H,8H2,1-2H3. The number of nitrogens with zero attached hydrogens (tertiary/aromatic N) is 2. The SMILES string of the molecule is Cc1c(Cl)ccc2sc(=NC(=O)c3ccc4c(c3)OCO4)n(C)c12. The van der Waals surface area contributed by atoms with Crippen molar-refractivity contribution in [3.8, 4) is 11.5 Å². The first-order valence-corrected chi connectivity index (χ1v) is 8.47. The van der Waals surface area contributed by atoms with Crippen LogP contribution < -0.4 is 14.3 Å². The Morgan fingerprint density at radius 2 is 2.04 bits per heavy atom. The first kappa shape index (κ1) is 15.2. The molecule has 0 saturated carbocycles. The molecule has 1 aliphatic heterocycles. The van der Waals surface area contributed by atoms with Crippen molar-refractivity contribution in [1.82, 2.24) is 4.57 Å². The summed E-state index contributed by atoms with van der Waals surface area (Å²) in [5.41, 5.74) is 2.43. The third-order valence-electron chi connectivity index (χ3n) is 3.97. The third-order valence-corrected chi connectivity index (χ3v) is 5.47. The summed E-state index contributed by atoms with van der Waals surface area (Å²) in [6.45, 7) is 2.14. The highest BCUT2D eigenvalue weighted by atomic mass is 35.5. The van der Waals surface area contributed by atoms with E-state index in [1.165, 1.54) is 11.3 Å². The van der Waals surface area contributed by atoms with Crippen LogP contribution in [0.2, 0.25) is 5.02 Å². The van der Waals surface area contributed by atoms with Gasteiger partial charge in [-0.1, -0.05) is 22.9 Å². The van der Waals surface area contributed by atoms with Crippen molar-refractivity contribution in [2.45, 2.75) is 6.92 Å². The summed E-state index contributed by atoms with van der Waals surface area (Å²) in [7, 11) is 1.88. The molecular formula is C17H13ClN2O3S. The van der Waals surface area contributed by atoms with Crippen molar-refractivity contribution in [1.29, 1.82) is 0 Å². The van der Waals surface area contributed by atoms with Gasteiger partial charge >= 0.3 is 0 Å². The highest BCUT2D eigenvalue weighted by molar-refractivity contribution is 7.16. The quantitative estimate of drug-likeness (QED) is 0.665. The van der Waals surface area contributed by atoms with Gasteiger partial charge in [-0.05, 0) is 42.8 Å². The minimum absolute atomic E-state index is 0.176. The molecule has 0 saturated heterocycles. The molecule has 1 aliphatic rings. The predicted molar refractivity (Wildman–Crippen MR) is 93.0 cm³/mol. The van der Waals surface area contributed by atoms with Crippen molar-refractivity contribution in [3.05, 3.63) is 51.3 Å². The van der Waals surface area contributed by atoms with Gasteiger partial charge in [0.05, 0.1) is 10.2 Å². The number of amides is 1. The number of fused-ring (bicyclic) bond motifs is 2. The number of benzene rings is 2. The maximum atomic E-state index is 12.5. The second-order valence-corrected chi connectivity index (χ2v) is 6.86. The topological polar surface area (TPSA) is 52.8 Å². The molecule has 2 heterocycles. The number of hydrogen-bond donors (Lipinski definition) is 0. The molecule has 7 heteroatoms. The molecule has 1 aromatic heterocycles. The molecule has 0 N–H and O–H groups in total. The summed E-state index contributed by atoms with van der Waals surface area (Å²) in [5.74, 6) is 0.892. The van der Waals surface area contributed by atoms with Gasteiger partial charge in [-0.15, -0.1) is 0 Å². The first-order chi connectivity index (χ1) is 11.5. The largest absolute Gasteiger partial charge is 0.454 e. The average molecular weight is 361 g/mol. The fourth-order valence-corrected chi connectivity index (χ4v) is 3.92. The van der Waals surface area contributed by atoms with Crippen LogP contribution in [0.3, 0.4) is 0 Å². The number of hydrogen-bond acceptors (Lipinski definition) is 4. The van der Waals surface area contributed by atoms with Crippen molar-refractivity contribution in [2.75, 3.05) is 6.79 Å². The molecule has 1 amide bonds. The molecule has 2 aromatic carbocycles. The van der Waals surface area contributed by atoms with Crippen molar-refractivity contribution in [2.24, 2.45) is 12.0 Å². The monoisotopic (exact) mass is 360 g/mol. The molecule has 0 atom stereocenters. The lowest BCUT2D eigenvalue weighted by Crippen LogP contribution is -2.13. The lowest BCUT2D eigenvalue weighted by molar-refractivity contribution is 0.0997. The van der Waals surface area contributed by atoms with E-state index in [-0.39, 0.29) is 12.7 Å². The summed E-state index contributed by atoms with van der Waals surface area (Å²) < 4.78 is 13.5. The van der Waals surface area contributed by atoms with Gasteiger partial charge in [0.15, 0.2) is 16.3 Å². The minimum Gasteiger partial charge on any atom is -0.454 e. The Morgan fingerprint density at radius 1 is 1.25 bits per heavy atom. The van der Waals surface area contributed by atoms with Crippen molar-refractivity contribution in [3.63, 3.8) is 0 Å². The Labute approximate surface area is 146 Å². The second-order valence-electron chi connectivity index (χ2n) is 5.45.